The van der Waals surface area contributed by atoms with E-state index in [9.17, 15) is 4.79 Å². The largest absolute Gasteiger partial charge is 0.471 e. The van der Waals surface area contributed by atoms with Crippen LogP contribution in [0.1, 0.15) is 36.2 Å². The van der Waals surface area contributed by atoms with Crippen molar-refractivity contribution in [1.29, 1.82) is 0 Å². The van der Waals surface area contributed by atoms with Crippen molar-refractivity contribution >= 4 is 21.8 Å². The smallest absolute Gasteiger partial charge is 0.260 e. The van der Waals surface area contributed by atoms with Crippen molar-refractivity contribution in [3.8, 4) is 5.88 Å². The van der Waals surface area contributed by atoms with Crippen LogP contribution in [-0.4, -0.2) is 33.7 Å². The van der Waals surface area contributed by atoms with E-state index in [1.54, 1.807) is 17.9 Å². The van der Waals surface area contributed by atoms with E-state index in [1.807, 2.05) is 36.1 Å². The molecule has 0 spiro atoms. The number of rotatable bonds is 7. The van der Waals surface area contributed by atoms with Gasteiger partial charge in [0.15, 0.2) is 0 Å². The molecule has 0 N–H and O–H groups in total. The number of carbonyl (C=O) groups is 1. The third-order valence-electron chi connectivity index (χ3n) is 3.45. The van der Waals surface area contributed by atoms with Crippen LogP contribution in [0.3, 0.4) is 0 Å². The highest BCUT2D eigenvalue weighted by Crippen LogP contribution is 2.20. The molecule has 23 heavy (non-hydrogen) atoms. The van der Waals surface area contributed by atoms with Crippen LogP contribution in [0.2, 0.25) is 0 Å². The van der Waals surface area contributed by atoms with Crippen LogP contribution in [0.15, 0.2) is 34.9 Å². The van der Waals surface area contributed by atoms with Gasteiger partial charge >= 0.3 is 0 Å². The highest BCUT2D eigenvalue weighted by Gasteiger charge is 2.21. The topological polar surface area (TPSA) is 47.4 Å². The molecule has 1 aromatic heterocycles. The van der Waals surface area contributed by atoms with Gasteiger partial charge in [0.1, 0.15) is 12.2 Å². The lowest BCUT2D eigenvalue weighted by Crippen LogP contribution is -2.31. The number of amides is 1. The molecule has 0 radical (unpaired) electrons. The molecule has 0 saturated carbocycles. The minimum absolute atomic E-state index is 0.0355. The van der Waals surface area contributed by atoms with Crippen LogP contribution in [0.4, 0.5) is 0 Å². The molecule has 2 rings (SSSR count). The maximum Gasteiger partial charge on any atom is 0.260 e. The fraction of sp³-hybridized carbons (Fsp3) is 0.412. The van der Waals surface area contributed by atoms with Gasteiger partial charge in [-0.05, 0) is 31.0 Å². The molecule has 0 fully saturated rings. The fourth-order valence-electron chi connectivity index (χ4n) is 2.34. The van der Waals surface area contributed by atoms with Gasteiger partial charge in [-0.1, -0.05) is 35.0 Å². The molecule has 0 atom stereocenters. The predicted octanol–water partition coefficient (Wildman–Crippen LogP) is 3.63. The average Bonchev–Trinajstić information content (AvgIpc) is 2.91. The Labute approximate surface area is 145 Å². The Kier molecular flexibility index (Phi) is 6.21. The van der Waals surface area contributed by atoms with Crippen molar-refractivity contribution in [3.63, 3.8) is 0 Å². The molecule has 0 aliphatic rings. The summed E-state index contributed by atoms with van der Waals surface area (Å²) in [6, 6.07) is 7.88. The van der Waals surface area contributed by atoms with Crippen LogP contribution in [0.25, 0.3) is 0 Å². The minimum Gasteiger partial charge on any atom is -0.471 e. The molecule has 5 nitrogen and oxygen atoms in total. The number of hydrogen-bond acceptors (Lipinski definition) is 3. The summed E-state index contributed by atoms with van der Waals surface area (Å²) in [5, 5.41) is 4.28. The lowest BCUT2D eigenvalue weighted by molar-refractivity contribution is 0.0759. The Hall–Kier alpha value is -1.82. The number of ether oxygens (including phenoxy) is 1. The Morgan fingerprint density at radius 3 is 2.83 bits per heavy atom. The van der Waals surface area contributed by atoms with Crippen LogP contribution < -0.4 is 4.74 Å². The average molecular weight is 380 g/mol. The van der Waals surface area contributed by atoms with Crippen LogP contribution >= 0.6 is 15.9 Å². The molecule has 0 aliphatic heterocycles. The second-order valence-corrected chi connectivity index (χ2v) is 6.24. The zero-order valence-corrected chi connectivity index (χ0v) is 15.3. The second-order valence-electron chi connectivity index (χ2n) is 5.33. The first-order valence-electron chi connectivity index (χ1n) is 7.75. The first-order chi connectivity index (χ1) is 11.0. The van der Waals surface area contributed by atoms with Crippen LogP contribution in [-0.2, 0) is 13.7 Å². The number of aryl methyl sites for hydroxylation is 1. The van der Waals surface area contributed by atoms with Gasteiger partial charge in [-0.25, -0.2) is 0 Å². The minimum atomic E-state index is -0.0355. The number of halogens is 1. The van der Waals surface area contributed by atoms with Gasteiger partial charge in [0.25, 0.3) is 5.91 Å². The summed E-state index contributed by atoms with van der Waals surface area (Å²) in [5.41, 5.74) is 1.53. The summed E-state index contributed by atoms with van der Waals surface area (Å²) in [7, 11) is 1.79. The van der Waals surface area contributed by atoms with E-state index in [2.05, 4.69) is 28.0 Å². The van der Waals surface area contributed by atoms with E-state index < -0.39 is 0 Å². The Balaban J connectivity index is 2.15. The zero-order chi connectivity index (χ0) is 16.8. The third kappa shape index (κ3) is 4.58. The summed E-state index contributed by atoms with van der Waals surface area (Å²) in [6.45, 7) is 5.81. The van der Waals surface area contributed by atoms with E-state index in [-0.39, 0.29) is 5.91 Å². The lowest BCUT2D eigenvalue weighted by Gasteiger charge is -2.19. The highest BCUT2D eigenvalue weighted by molar-refractivity contribution is 9.10. The molecule has 2 aromatic rings. The molecule has 0 bridgehead atoms. The molecule has 1 aromatic carbocycles. The van der Waals surface area contributed by atoms with Crippen molar-refractivity contribution in [1.82, 2.24) is 14.7 Å². The Bertz CT molecular complexity index is 670. The van der Waals surface area contributed by atoms with Gasteiger partial charge in [0.2, 0.25) is 5.88 Å². The normalized spacial score (nSPS) is 10.6. The molecular weight excluding hydrogens is 358 g/mol. The van der Waals surface area contributed by atoms with E-state index in [4.69, 9.17) is 4.74 Å². The van der Waals surface area contributed by atoms with Crippen molar-refractivity contribution in [3.05, 3.63) is 46.1 Å². The Morgan fingerprint density at radius 1 is 1.39 bits per heavy atom. The van der Waals surface area contributed by atoms with E-state index >= 15 is 0 Å². The number of nitrogens with zero attached hydrogens (tertiary/aromatic N) is 3. The van der Waals surface area contributed by atoms with Crippen LogP contribution in [0, 0.1) is 0 Å². The first-order valence-corrected chi connectivity index (χ1v) is 8.54. The first kappa shape index (κ1) is 17.5. The highest BCUT2D eigenvalue weighted by atomic mass is 79.9. The molecule has 124 valence electrons. The van der Waals surface area contributed by atoms with E-state index in [0.717, 1.165) is 23.0 Å². The number of carbonyl (C=O) groups excluding carboxylic acids is 1. The van der Waals surface area contributed by atoms with Gasteiger partial charge in [-0.2, -0.15) is 0 Å². The van der Waals surface area contributed by atoms with Crippen molar-refractivity contribution in [2.24, 2.45) is 7.05 Å². The van der Waals surface area contributed by atoms with E-state index in [0.29, 0.717) is 24.6 Å². The summed E-state index contributed by atoms with van der Waals surface area (Å²) in [5.74, 6) is 0.346. The lowest BCUT2D eigenvalue weighted by atomic mass is 10.2. The second kappa shape index (κ2) is 8.15. The summed E-state index contributed by atoms with van der Waals surface area (Å²) < 4.78 is 8.40. The fourth-order valence-corrected chi connectivity index (χ4v) is 2.79. The van der Waals surface area contributed by atoms with Gasteiger partial charge < -0.3 is 9.64 Å². The van der Waals surface area contributed by atoms with Gasteiger partial charge in [-0.15, -0.1) is 5.10 Å². The zero-order valence-electron chi connectivity index (χ0n) is 13.8. The van der Waals surface area contributed by atoms with Crippen LogP contribution in [0.5, 0.6) is 5.88 Å². The summed E-state index contributed by atoms with van der Waals surface area (Å²) in [4.78, 5) is 14.5. The molecule has 6 heteroatoms. The Morgan fingerprint density at radius 2 is 2.17 bits per heavy atom. The molecule has 1 heterocycles. The maximum absolute atomic E-state index is 12.7. The van der Waals surface area contributed by atoms with Gasteiger partial charge in [0, 0.05) is 30.8 Å². The number of benzene rings is 1. The van der Waals surface area contributed by atoms with Crippen molar-refractivity contribution < 1.29 is 9.53 Å². The van der Waals surface area contributed by atoms with Gasteiger partial charge in [0.05, 0.1) is 0 Å². The summed E-state index contributed by atoms with van der Waals surface area (Å²) >= 11 is 3.44. The van der Waals surface area contributed by atoms with Crippen molar-refractivity contribution in [2.75, 3.05) is 13.1 Å². The molecule has 0 aliphatic carbocycles. The quantitative estimate of drug-likeness (QED) is 0.737. The molecule has 1 amide bonds. The summed E-state index contributed by atoms with van der Waals surface area (Å²) in [6.07, 6.45) is 2.64. The maximum atomic E-state index is 12.7. The monoisotopic (exact) mass is 379 g/mol. The third-order valence-corrected chi connectivity index (χ3v) is 3.95. The number of aromatic nitrogens is 2. The number of hydrogen-bond donors (Lipinski definition) is 0. The van der Waals surface area contributed by atoms with Gasteiger partial charge in [-0.3, -0.25) is 9.48 Å². The van der Waals surface area contributed by atoms with Crippen molar-refractivity contribution in [2.45, 2.75) is 26.9 Å². The standard InChI is InChI=1S/C17H22BrN3O2/c1-4-9-21(5-2)17(22)15-11-20(3)19-16(15)23-12-13-7-6-8-14(18)10-13/h6-8,10-11H,4-5,9,12H2,1-3H3. The molecular formula is C17H22BrN3O2. The molecule has 0 unspecified atom stereocenters. The molecule has 0 saturated heterocycles. The predicted molar refractivity (Wildman–Crippen MR) is 93.6 cm³/mol. The SMILES string of the molecule is CCCN(CC)C(=O)c1cn(C)nc1OCc1cccc(Br)c1. The van der Waals surface area contributed by atoms with E-state index in [1.165, 1.54) is 0 Å².